The van der Waals surface area contributed by atoms with Gasteiger partial charge in [0.1, 0.15) is 5.82 Å². The fourth-order valence-electron chi connectivity index (χ4n) is 1.71. The van der Waals surface area contributed by atoms with Gasteiger partial charge in [-0.3, -0.25) is 0 Å². The molecule has 1 aromatic carbocycles. The topological polar surface area (TPSA) is 63.6 Å². The second-order valence-electron chi connectivity index (χ2n) is 3.99. The monoisotopic (exact) mass is 258 g/mol. The van der Waals surface area contributed by atoms with Crippen LogP contribution in [0.1, 0.15) is 22.8 Å². The number of ether oxygens (including phenoxy) is 1. The number of cyclic esters (lactones) is 1. The number of aliphatic carboxylic acids is 1. The first-order chi connectivity index (χ1) is 7.85. The highest BCUT2D eigenvalue weighted by Crippen LogP contribution is 2.32. The molecule has 0 spiro atoms. The first-order valence-electron chi connectivity index (χ1n) is 4.79. The lowest BCUT2D eigenvalue weighted by Gasteiger charge is -2.30. The summed E-state index contributed by atoms with van der Waals surface area (Å²) in [6.45, 7) is 1.22. The molecular formula is C11H8ClFO4. The van der Waals surface area contributed by atoms with Gasteiger partial charge in [0.05, 0.1) is 10.6 Å². The lowest BCUT2D eigenvalue weighted by Crippen LogP contribution is -2.46. The van der Waals surface area contributed by atoms with Crippen molar-refractivity contribution in [3.05, 3.63) is 34.1 Å². The van der Waals surface area contributed by atoms with Crippen molar-refractivity contribution in [3.63, 3.8) is 0 Å². The summed E-state index contributed by atoms with van der Waals surface area (Å²) in [4.78, 5) is 22.6. The predicted octanol–water partition coefficient (Wildman–Crippen LogP) is 2.04. The molecule has 0 bridgehead atoms. The largest absolute Gasteiger partial charge is 0.478 e. The van der Waals surface area contributed by atoms with E-state index in [1.165, 1.54) is 19.1 Å². The van der Waals surface area contributed by atoms with Gasteiger partial charge in [0, 0.05) is 12.0 Å². The molecule has 1 unspecified atom stereocenters. The second-order valence-corrected chi connectivity index (χ2v) is 4.40. The molecule has 1 aliphatic rings. The number of esters is 1. The van der Waals surface area contributed by atoms with E-state index in [0.717, 1.165) is 0 Å². The SMILES string of the molecule is CC1(C(=O)O)Cc2c(ccc(Cl)c2F)C(=O)O1. The summed E-state index contributed by atoms with van der Waals surface area (Å²) in [5, 5.41) is 8.82. The third kappa shape index (κ3) is 1.76. The van der Waals surface area contributed by atoms with Crippen LogP contribution < -0.4 is 0 Å². The molecule has 0 saturated heterocycles. The third-order valence-corrected chi connectivity index (χ3v) is 2.99. The fraction of sp³-hybridized carbons (Fsp3) is 0.273. The lowest BCUT2D eigenvalue weighted by atomic mass is 9.89. The van der Waals surface area contributed by atoms with E-state index in [9.17, 15) is 14.0 Å². The molecule has 0 aromatic heterocycles. The van der Waals surface area contributed by atoms with Gasteiger partial charge in [0.25, 0.3) is 0 Å². The molecule has 17 heavy (non-hydrogen) atoms. The first-order valence-corrected chi connectivity index (χ1v) is 5.16. The van der Waals surface area contributed by atoms with E-state index in [-0.39, 0.29) is 22.6 Å². The number of carbonyl (C=O) groups excluding carboxylic acids is 1. The highest BCUT2D eigenvalue weighted by Gasteiger charge is 2.44. The molecular weight excluding hydrogens is 251 g/mol. The van der Waals surface area contributed by atoms with Gasteiger partial charge >= 0.3 is 11.9 Å². The zero-order valence-corrected chi connectivity index (χ0v) is 9.55. The van der Waals surface area contributed by atoms with Gasteiger partial charge in [-0.25, -0.2) is 14.0 Å². The molecule has 0 aliphatic carbocycles. The van der Waals surface area contributed by atoms with Crippen molar-refractivity contribution in [3.8, 4) is 0 Å². The molecule has 1 heterocycles. The van der Waals surface area contributed by atoms with Crippen molar-refractivity contribution in [2.24, 2.45) is 0 Å². The van der Waals surface area contributed by atoms with Gasteiger partial charge < -0.3 is 9.84 Å². The molecule has 90 valence electrons. The van der Waals surface area contributed by atoms with Crippen LogP contribution in [0.15, 0.2) is 12.1 Å². The van der Waals surface area contributed by atoms with Gasteiger partial charge in [0.2, 0.25) is 5.60 Å². The minimum absolute atomic E-state index is 0.0151. The van der Waals surface area contributed by atoms with E-state index >= 15 is 0 Å². The molecule has 1 N–H and O–H groups in total. The maximum absolute atomic E-state index is 13.7. The zero-order chi connectivity index (χ0) is 12.8. The Bertz CT molecular complexity index is 528. The van der Waals surface area contributed by atoms with Gasteiger partial charge in [-0.05, 0) is 19.1 Å². The predicted molar refractivity (Wildman–Crippen MR) is 56.6 cm³/mol. The fourth-order valence-corrected chi connectivity index (χ4v) is 1.89. The third-order valence-electron chi connectivity index (χ3n) is 2.70. The van der Waals surface area contributed by atoms with Crippen molar-refractivity contribution < 1.29 is 23.8 Å². The smallest absolute Gasteiger partial charge is 0.348 e. The molecule has 1 aliphatic heterocycles. The number of rotatable bonds is 1. The van der Waals surface area contributed by atoms with Crippen LogP contribution in [0.5, 0.6) is 0 Å². The molecule has 0 saturated carbocycles. The standard InChI is InChI=1S/C11H8ClFO4/c1-11(10(15)16)4-6-5(9(14)17-11)2-3-7(12)8(6)13/h2-3H,4H2,1H3,(H,15,16). The first kappa shape index (κ1) is 11.9. The Kier molecular flexibility index (Phi) is 2.58. The Morgan fingerprint density at radius 2 is 2.24 bits per heavy atom. The van der Waals surface area contributed by atoms with Crippen LogP contribution in [0.25, 0.3) is 0 Å². The summed E-state index contributed by atoms with van der Waals surface area (Å²) in [5.41, 5.74) is -1.75. The number of hydrogen-bond donors (Lipinski definition) is 1. The molecule has 0 radical (unpaired) electrons. The van der Waals surface area contributed by atoms with Crippen molar-refractivity contribution >= 4 is 23.5 Å². The Morgan fingerprint density at radius 3 is 2.82 bits per heavy atom. The maximum Gasteiger partial charge on any atom is 0.348 e. The van der Waals surface area contributed by atoms with Crippen LogP contribution in [0.2, 0.25) is 5.02 Å². The van der Waals surface area contributed by atoms with Crippen molar-refractivity contribution in [1.29, 1.82) is 0 Å². The number of halogens is 2. The highest BCUT2D eigenvalue weighted by atomic mass is 35.5. The van der Waals surface area contributed by atoms with Crippen LogP contribution in [0.3, 0.4) is 0 Å². The number of carboxylic acids is 1. The summed E-state index contributed by atoms with van der Waals surface area (Å²) in [5.74, 6) is -2.95. The van der Waals surface area contributed by atoms with Crippen LogP contribution in [-0.2, 0) is 16.0 Å². The summed E-state index contributed by atoms with van der Waals surface area (Å²) < 4.78 is 18.5. The van der Waals surface area contributed by atoms with Crippen molar-refractivity contribution in [1.82, 2.24) is 0 Å². The zero-order valence-electron chi connectivity index (χ0n) is 8.79. The molecule has 2 rings (SSSR count). The number of fused-ring (bicyclic) bond motifs is 1. The molecule has 1 atom stereocenters. The number of carbonyl (C=O) groups is 2. The molecule has 0 fully saturated rings. The highest BCUT2D eigenvalue weighted by molar-refractivity contribution is 6.31. The summed E-state index contributed by atoms with van der Waals surface area (Å²) in [6, 6.07) is 2.56. The van der Waals surface area contributed by atoms with Gasteiger partial charge in [-0.15, -0.1) is 0 Å². The number of carboxylic acid groups (broad SMARTS) is 1. The minimum Gasteiger partial charge on any atom is -0.478 e. The minimum atomic E-state index is -1.75. The van der Waals surface area contributed by atoms with Crippen LogP contribution >= 0.6 is 11.6 Å². The molecule has 1 aromatic rings. The summed E-state index contributed by atoms with van der Waals surface area (Å²) in [6.07, 6.45) is -0.240. The second kappa shape index (κ2) is 3.70. The molecule has 6 heteroatoms. The van der Waals surface area contributed by atoms with Gasteiger partial charge in [0.15, 0.2) is 0 Å². The van der Waals surface area contributed by atoms with Crippen LogP contribution in [0.4, 0.5) is 4.39 Å². The normalized spacial score (nSPS) is 22.9. The lowest BCUT2D eigenvalue weighted by molar-refractivity contribution is -0.158. The summed E-state index contributed by atoms with van der Waals surface area (Å²) >= 11 is 5.59. The van der Waals surface area contributed by atoms with Crippen LogP contribution in [-0.4, -0.2) is 22.6 Å². The van der Waals surface area contributed by atoms with Gasteiger partial charge in [-0.2, -0.15) is 0 Å². The quantitative estimate of drug-likeness (QED) is 0.783. The Morgan fingerprint density at radius 1 is 1.59 bits per heavy atom. The Labute approximate surface area is 101 Å². The number of benzene rings is 1. The molecule has 4 nitrogen and oxygen atoms in total. The van der Waals surface area contributed by atoms with E-state index in [2.05, 4.69) is 0 Å². The number of hydrogen-bond acceptors (Lipinski definition) is 3. The van der Waals surface area contributed by atoms with Crippen molar-refractivity contribution in [2.45, 2.75) is 18.9 Å². The Hall–Kier alpha value is -1.62. The average Bonchev–Trinajstić information content (AvgIpc) is 2.24. The van der Waals surface area contributed by atoms with E-state index in [4.69, 9.17) is 21.4 Å². The van der Waals surface area contributed by atoms with E-state index < -0.39 is 23.4 Å². The Balaban J connectivity index is 2.59. The van der Waals surface area contributed by atoms with E-state index in [0.29, 0.717) is 0 Å². The molecule has 0 amide bonds. The van der Waals surface area contributed by atoms with Crippen LogP contribution in [0, 0.1) is 5.82 Å². The van der Waals surface area contributed by atoms with E-state index in [1.807, 2.05) is 0 Å². The van der Waals surface area contributed by atoms with E-state index in [1.54, 1.807) is 0 Å². The van der Waals surface area contributed by atoms with Gasteiger partial charge in [-0.1, -0.05) is 11.6 Å². The van der Waals surface area contributed by atoms with Crippen molar-refractivity contribution in [2.75, 3.05) is 0 Å². The summed E-state index contributed by atoms with van der Waals surface area (Å²) in [7, 11) is 0. The maximum atomic E-state index is 13.7. The average molecular weight is 259 g/mol.